The van der Waals surface area contributed by atoms with Gasteiger partial charge in [-0.25, -0.2) is 0 Å². The van der Waals surface area contributed by atoms with Gasteiger partial charge in [-0.2, -0.15) is 4.80 Å². The Morgan fingerprint density at radius 2 is 1.81 bits per heavy atom. The number of furan rings is 1. The maximum absolute atomic E-state index is 12.3. The van der Waals surface area contributed by atoms with Crippen LogP contribution in [0.5, 0.6) is 0 Å². The Labute approximate surface area is 152 Å². The highest BCUT2D eigenvalue weighted by Gasteiger charge is 2.18. The SMILES string of the molecule is Cc1cc2nn(-c3ccccc3)nc2cc1NC(=O)c1ccc([N+](=O)[O-])o1. The van der Waals surface area contributed by atoms with Crippen LogP contribution in [0.1, 0.15) is 16.1 Å². The fraction of sp³-hybridized carbons (Fsp3) is 0.0556. The monoisotopic (exact) mass is 363 g/mol. The zero-order valence-corrected chi connectivity index (χ0v) is 14.1. The van der Waals surface area contributed by atoms with Crippen LogP contribution in [-0.2, 0) is 0 Å². The van der Waals surface area contributed by atoms with Crippen LogP contribution in [0.4, 0.5) is 11.6 Å². The van der Waals surface area contributed by atoms with E-state index < -0.39 is 16.7 Å². The van der Waals surface area contributed by atoms with E-state index in [1.807, 2.05) is 43.3 Å². The standard InChI is InChI=1S/C18H13N5O4/c1-11-9-14-15(21-22(20-14)12-5-3-2-4-6-12)10-13(11)19-18(24)16-7-8-17(27-16)23(25)26/h2-10H,1H3,(H,19,24). The molecule has 0 aliphatic heterocycles. The molecule has 4 aromatic rings. The van der Waals surface area contributed by atoms with Gasteiger partial charge in [-0.3, -0.25) is 14.9 Å². The summed E-state index contributed by atoms with van der Waals surface area (Å²) < 4.78 is 4.93. The van der Waals surface area contributed by atoms with Crippen LogP contribution in [0, 0.1) is 17.0 Å². The number of carbonyl (C=O) groups excluding carboxylic acids is 1. The first-order valence-electron chi connectivity index (χ1n) is 8.00. The molecule has 0 bridgehead atoms. The second-order valence-electron chi connectivity index (χ2n) is 5.83. The molecular formula is C18H13N5O4. The van der Waals surface area contributed by atoms with E-state index >= 15 is 0 Å². The number of aryl methyl sites for hydroxylation is 1. The molecule has 2 aromatic heterocycles. The second-order valence-corrected chi connectivity index (χ2v) is 5.83. The van der Waals surface area contributed by atoms with Gasteiger partial charge in [0.2, 0.25) is 0 Å². The summed E-state index contributed by atoms with van der Waals surface area (Å²) in [4.78, 5) is 23.8. The number of para-hydroxylation sites is 1. The molecule has 4 rings (SSSR count). The van der Waals surface area contributed by atoms with Crippen LogP contribution in [0.2, 0.25) is 0 Å². The molecule has 0 saturated carbocycles. The van der Waals surface area contributed by atoms with Crippen LogP contribution < -0.4 is 5.32 Å². The molecule has 0 atom stereocenters. The van der Waals surface area contributed by atoms with Crippen molar-refractivity contribution in [3.8, 4) is 5.69 Å². The Bertz CT molecular complexity index is 1160. The van der Waals surface area contributed by atoms with E-state index in [2.05, 4.69) is 15.5 Å². The number of nitrogens with one attached hydrogen (secondary N) is 1. The van der Waals surface area contributed by atoms with Gasteiger partial charge in [0.05, 0.1) is 11.8 Å². The zero-order chi connectivity index (χ0) is 19.0. The number of nitro groups is 1. The lowest BCUT2D eigenvalue weighted by atomic mass is 10.1. The van der Waals surface area contributed by atoms with Gasteiger partial charge in [-0.1, -0.05) is 18.2 Å². The van der Waals surface area contributed by atoms with Gasteiger partial charge in [-0.15, -0.1) is 10.2 Å². The lowest BCUT2D eigenvalue weighted by Gasteiger charge is -2.06. The van der Waals surface area contributed by atoms with Crippen LogP contribution in [0.3, 0.4) is 0 Å². The smallest absolute Gasteiger partial charge is 0.395 e. The molecule has 134 valence electrons. The lowest BCUT2D eigenvalue weighted by molar-refractivity contribution is -0.402. The number of fused-ring (bicyclic) bond motifs is 1. The number of benzene rings is 2. The highest BCUT2D eigenvalue weighted by atomic mass is 16.6. The van der Waals surface area contributed by atoms with Gasteiger partial charge < -0.3 is 9.73 Å². The molecule has 2 aromatic carbocycles. The number of anilines is 1. The van der Waals surface area contributed by atoms with E-state index in [4.69, 9.17) is 4.42 Å². The number of hydrogen-bond donors (Lipinski definition) is 1. The van der Waals surface area contributed by atoms with Gasteiger partial charge in [0.1, 0.15) is 16.0 Å². The maximum Gasteiger partial charge on any atom is 0.433 e. The molecule has 0 aliphatic carbocycles. The van der Waals surface area contributed by atoms with Crippen molar-refractivity contribution in [3.63, 3.8) is 0 Å². The summed E-state index contributed by atoms with van der Waals surface area (Å²) in [6, 6.07) is 15.4. The summed E-state index contributed by atoms with van der Waals surface area (Å²) >= 11 is 0. The van der Waals surface area contributed by atoms with E-state index in [1.165, 1.54) is 10.9 Å². The van der Waals surface area contributed by atoms with Crippen LogP contribution in [0.25, 0.3) is 16.7 Å². The van der Waals surface area contributed by atoms with Gasteiger partial charge in [0, 0.05) is 5.69 Å². The van der Waals surface area contributed by atoms with Crippen molar-refractivity contribution in [2.24, 2.45) is 0 Å². The zero-order valence-electron chi connectivity index (χ0n) is 14.1. The fourth-order valence-corrected chi connectivity index (χ4v) is 2.61. The molecule has 9 heteroatoms. The Morgan fingerprint density at radius 1 is 1.11 bits per heavy atom. The van der Waals surface area contributed by atoms with Gasteiger partial charge in [0.25, 0.3) is 5.91 Å². The van der Waals surface area contributed by atoms with Crippen molar-refractivity contribution in [2.75, 3.05) is 5.32 Å². The lowest BCUT2D eigenvalue weighted by Crippen LogP contribution is -2.11. The molecule has 27 heavy (non-hydrogen) atoms. The fourth-order valence-electron chi connectivity index (χ4n) is 2.61. The number of aromatic nitrogens is 3. The summed E-state index contributed by atoms with van der Waals surface area (Å²) in [5, 5.41) is 22.2. The molecule has 0 unspecified atom stereocenters. The molecule has 1 N–H and O–H groups in total. The summed E-state index contributed by atoms with van der Waals surface area (Å²) in [5.41, 5.74) is 3.40. The van der Waals surface area contributed by atoms with Gasteiger partial charge >= 0.3 is 5.88 Å². The first-order chi connectivity index (χ1) is 13.0. The second kappa shape index (κ2) is 6.37. The number of nitrogens with zero attached hydrogens (tertiary/aromatic N) is 4. The van der Waals surface area contributed by atoms with Crippen molar-refractivity contribution in [1.82, 2.24) is 15.0 Å². The third-order valence-corrected chi connectivity index (χ3v) is 3.96. The van der Waals surface area contributed by atoms with E-state index in [0.29, 0.717) is 16.7 Å². The normalized spacial score (nSPS) is 10.9. The molecule has 0 saturated heterocycles. The number of carbonyl (C=O) groups is 1. The Kier molecular flexibility index (Phi) is 3.88. The van der Waals surface area contributed by atoms with E-state index in [0.717, 1.165) is 17.3 Å². The number of amides is 1. The van der Waals surface area contributed by atoms with E-state index in [-0.39, 0.29) is 5.76 Å². The Balaban J connectivity index is 1.64. The van der Waals surface area contributed by atoms with Crippen molar-refractivity contribution < 1.29 is 14.1 Å². The highest BCUT2D eigenvalue weighted by molar-refractivity contribution is 6.03. The molecule has 0 radical (unpaired) electrons. The maximum atomic E-state index is 12.3. The minimum Gasteiger partial charge on any atom is -0.395 e. The van der Waals surface area contributed by atoms with Crippen molar-refractivity contribution >= 4 is 28.5 Å². The predicted octanol–water partition coefficient (Wildman–Crippen LogP) is 3.48. The van der Waals surface area contributed by atoms with Crippen molar-refractivity contribution in [3.05, 3.63) is 76.0 Å². The molecule has 9 nitrogen and oxygen atoms in total. The third-order valence-electron chi connectivity index (χ3n) is 3.96. The Morgan fingerprint density at radius 3 is 2.48 bits per heavy atom. The quantitative estimate of drug-likeness (QED) is 0.438. The molecule has 0 aliphatic rings. The Hall–Kier alpha value is -4.01. The van der Waals surface area contributed by atoms with Crippen LogP contribution in [-0.4, -0.2) is 25.8 Å². The van der Waals surface area contributed by atoms with Gasteiger partial charge in [-0.05, 0) is 42.8 Å². The first-order valence-corrected chi connectivity index (χ1v) is 8.00. The molecule has 0 spiro atoms. The molecule has 0 fully saturated rings. The number of hydrogen-bond acceptors (Lipinski definition) is 6. The molecule has 2 heterocycles. The predicted molar refractivity (Wildman–Crippen MR) is 96.9 cm³/mol. The van der Waals surface area contributed by atoms with Crippen LogP contribution >= 0.6 is 0 Å². The first kappa shape index (κ1) is 16.5. The number of rotatable bonds is 4. The summed E-state index contributed by atoms with van der Waals surface area (Å²) in [6.45, 7) is 1.82. The summed E-state index contributed by atoms with van der Waals surface area (Å²) in [6.07, 6.45) is 0. The van der Waals surface area contributed by atoms with E-state index in [9.17, 15) is 14.9 Å². The van der Waals surface area contributed by atoms with E-state index in [1.54, 1.807) is 6.07 Å². The molecular weight excluding hydrogens is 350 g/mol. The highest BCUT2D eigenvalue weighted by Crippen LogP contribution is 2.24. The minimum absolute atomic E-state index is 0.144. The average molecular weight is 363 g/mol. The average Bonchev–Trinajstić information content (AvgIpc) is 3.30. The minimum atomic E-state index is -0.698. The third kappa shape index (κ3) is 3.13. The largest absolute Gasteiger partial charge is 0.433 e. The summed E-state index contributed by atoms with van der Waals surface area (Å²) in [5.74, 6) is -1.21. The van der Waals surface area contributed by atoms with Gasteiger partial charge in [0.15, 0.2) is 5.76 Å². The van der Waals surface area contributed by atoms with Crippen molar-refractivity contribution in [1.29, 1.82) is 0 Å². The topological polar surface area (TPSA) is 116 Å². The summed E-state index contributed by atoms with van der Waals surface area (Å²) in [7, 11) is 0. The van der Waals surface area contributed by atoms with Crippen LogP contribution in [0.15, 0.2) is 59.0 Å². The van der Waals surface area contributed by atoms with Crippen molar-refractivity contribution in [2.45, 2.75) is 6.92 Å². The molecule has 1 amide bonds.